The van der Waals surface area contributed by atoms with Crippen molar-refractivity contribution in [3.05, 3.63) is 17.7 Å². The highest BCUT2D eigenvalue weighted by Crippen LogP contribution is 2.27. The predicted octanol–water partition coefficient (Wildman–Crippen LogP) is 3.15. The van der Waals surface area contributed by atoms with Gasteiger partial charge in [0.05, 0.1) is 5.69 Å². The number of thioether (sulfide) groups is 1. The number of imidazole rings is 1. The monoisotopic (exact) mass is 250 g/mol. The summed E-state index contributed by atoms with van der Waals surface area (Å²) in [6, 6.07) is 0. The average Bonchev–Trinajstić information content (AvgIpc) is 2.71. The lowest BCUT2D eigenvalue weighted by Gasteiger charge is -2.20. The first-order valence-electron chi connectivity index (χ1n) is 6.94. The molecule has 0 amide bonds. The maximum Gasteiger partial charge on any atom is 0.108 e. The number of hydrogen-bond acceptors (Lipinski definition) is 2. The minimum absolute atomic E-state index is 0.829. The predicted molar refractivity (Wildman–Crippen MR) is 73.5 cm³/mol. The van der Waals surface area contributed by atoms with E-state index in [0.29, 0.717) is 0 Å². The molecule has 2 aliphatic heterocycles. The van der Waals surface area contributed by atoms with Crippen LogP contribution in [0.5, 0.6) is 0 Å². The summed E-state index contributed by atoms with van der Waals surface area (Å²) in [5, 5.41) is 0. The third-order valence-corrected chi connectivity index (χ3v) is 5.17. The molecule has 1 aromatic heterocycles. The number of rotatable bonds is 2. The lowest BCUT2D eigenvalue weighted by molar-refractivity contribution is 0.394. The second-order valence-corrected chi connectivity index (χ2v) is 6.93. The molecular weight excluding hydrogens is 228 g/mol. The Morgan fingerprint density at radius 2 is 2.18 bits per heavy atom. The summed E-state index contributed by atoms with van der Waals surface area (Å²) in [4.78, 5) is 4.84. The Kier molecular flexibility index (Phi) is 3.46. The van der Waals surface area contributed by atoms with Gasteiger partial charge >= 0.3 is 0 Å². The first kappa shape index (κ1) is 11.6. The molecule has 0 aromatic carbocycles. The second kappa shape index (κ2) is 5.05. The van der Waals surface area contributed by atoms with E-state index >= 15 is 0 Å². The Balaban J connectivity index is 1.67. The highest BCUT2D eigenvalue weighted by Gasteiger charge is 2.20. The zero-order chi connectivity index (χ0) is 11.7. The minimum atomic E-state index is 0.829. The number of fused-ring (bicyclic) bond motifs is 1. The summed E-state index contributed by atoms with van der Waals surface area (Å²) in [5.74, 6) is 5.77. The summed E-state index contributed by atoms with van der Waals surface area (Å²) >= 11 is 2.11. The van der Waals surface area contributed by atoms with Crippen molar-refractivity contribution < 1.29 is 0 Å². The minimum Gasteiger partial charge on any atom is -0.334 e. The third-order valence-electron chi connectivity index (χ3n) is 4.12. The second-order valence-electron chi connectivity index (χ2n) is 5.70. The van der Waals surface area contributed by atoms with Gasteiger partial charge in [0.1, 0.15) is 5.82 Å². The van der Waals surface area contributed by atoms with Gasteiger partial charge in [0, 0.05) is 19.2 Å². The molecule has 0 radical (unpaired) electrons. The molecule has 1 fully saturated rings. The van der Waals surface area contributed by atoms with Gasteiger partial charge in [0.15, 0.2) is 0 Å². The molecule has 94 valence electrons. The van der Waals surface area contributed by atoms with Gasteiger partial charge in [-0.05, 0) is 49.0 Å². The Hall–Kier alpha value is -0.440. The maximum absolute atomic E-state index is 4.84. The van der Waals surface area contributed by atoms with E-state index in [1.165, 1.54) is 61.7 Å². The van der Waals surface area contributed by atoms with Crippen molar-refractivity contribution in [2.45, 2.75) is 45.6 Å². The van der Waals surface area contributed by atoms with Crippen LogP contribution in [-0.4, -0.2) is 21.1 Å². The molecule has 3 rings (SSSR count). The van der Waals surface area contributed by atoms with Crippen LogP contribution in [0.15, 0.2) is 6.20 Å². The van der Waals surface area contributed by atoms with Crippen molar-refractivity contribution >= 4 is 11.8 Å². The fraction of sp³-hybridized carbons (Fsp3) is 0.786. The number of aryl methyl sites for hydroxylation is 1. The molecule has 3 heterocycles. The molecule has 17 heavy (non-hydrogen) atoms. The van der Waals surface area contributed by atoms with Gasteiger partial charge in [-0.3, -0.25) is 0 Å². The average molecular weight is 250 g/mol. The summed E-state index contributed by atoms with van der Waals surface area (Å²) < 4.78 is 2.40. The summed E-state index contributed by atoms with van der Waals surface area (Å²) in [6.45, 7) is 3.53. The van der Waals surface area contributed by atoms with Gasteiger partial charge in [-0.25, -0.2) is 4.98 Å². The van der Waals surface area contributed by atoms with E-state index in [4.69, 9.17) is 4.98 Å². The molecule has 2 nitrogen and oxygen atoms in total. The van der Waals surface area contributed by atoms with Crippen molar-refractivity contribution in [2.24, 2.45) is 11.8 Å². The van der Waals surface area contributed by atoms with Gasteiger partial charge in [0.25, 0.3) is 0 Å². The zero-order valence-corrected chi connectivity index (χ0v) is 11.5. The van der Waals surface area contributed by atoms with Crippen molar-refractivity contribution in [1.82, 2.24) is 9.55 Å². The highest BCUT2D eigenvalue weighted by molar-refractivity contribution is 7.99. The summed E-state index contributed by atoms with van der Waals surface area (Å²) in [7, 11) is 0. The molecule has 1 saturated heterocycles. The first-order valence-corrected chi connectivity index (χ1v) is 8.09. The molecule has 0 N–H and O–H groups in total. The lowest BCUT2D eigenvalue weighted by Crippen LogP contribution is -2.17. The van der Waals surface area contributed by atoms with E-state index in [9.17, 15) is 0 Å². The van der Waals surface area contributed by atoms with Crippen LogP contribution in [0.1, 0.15) is 37.7 Å². The molecule has 1 aromatic rings. The number of hydrogen-bond donors (Lipinski definition) is 0. The van der Waals surface area contributed by atoms with Crippen LogP contribution < -0.4 is 0 Å². The van der Waals surface area contributed by atoms with E-state index in [1.54, 1.807) is 0 Å². The van der Waals surface area contributed by atoms with Gasteiger partial charge in [-0.1, -0.05) is 6.92 Å². The van der Waals surface area contributed by atoms with Crippen LogP contribution in [0, 0.1) is 11.8 Å². The Morgan fingerprint density at radius 1 is 1.35 bits per heavy atom. The quantitative estimate of drug-likeness (QED) is 0.802. The summed E-state index contributed by atoms with van der Waals surface area (Å²) in [5.41, 5.74) is 1.35. The first-order chi connectivity index (χ1) is 8.31. The molecule has 0 aliphatic carbocycles. The van der Waals surface area contributed by atoms with Gasteiger partial charge in [-0.2, -0.15) is 11.8 Å². The van der Waals surface area contributed by atoms with Crippen LogP contribution in [0.25, 0.3) is 0 Å². The van der Waals surface area contributed by atoms with Crippen LogP contribution in [0.3, 0.4) is 0 Å². The van der Waals surface area contributed by atoms with Crippen molar-refractivity contribution in [2.75, 3.05) is 11.5 Å². The Morgan fingerprint density at radius 3 is 3.00 bits per heavy atom. The number of nitrogens with zero attached hydrogens (tertiary/aromatic N) is 2. The SMILES string of the molecule is CC1CCc2nc(CC3CCSCC3)cn2C1. The Bertz CT molecular complexity index is 380. The van der Waals surface area contributed by atoms with Gasteiger partial charge in [0.2, 0.25) is 0 Å². The maximum atomic E-state index is 4.84. The van der Waals surface area contributed by atoms with Crippen molar-refractivity contribution in [3.63, 3.8) is 0 Å². The normalized spacial score (nSPS) is 25.8. The summed E-state index contributed by atoms with van der Waals surface area (Å²) in [6.07, 6.45) is 8.83. The highest BCUT2D eigenvalue weighted by atomic mass is 32.2. The van der Waals surface area contributed by atoms with E-state index < -0.39 is 0 Å². The van der Waals surface area contributed by atoms with Crippen LogP contribution in [-0.2, 0) is 19.4 Å². The smallest absolute Gasteiger partial charge is 0.108 e. The molecule has 0 bridgehead atoms. The van der Waals surface area contributed by atoms with E-state index in [0.717, 1.165) is 11.8 Å². The Labute approximate surface area is 108 Å². The standard InChI is InChI=1S/C14H22N2S/c1-11-2-3-14-15-13(10-16(14)9-11)8-12-4-6-17-7-5-12/h10-12H,2-9H2,1H3. The molecule has 1 atom stereocenters. The van der Waals surface area contributed by atoms with Crippen LogP contribution >= 0.6 is 11.8 Å². The van der Waals surface area contributed by atoms with Gasteiger partial charge in [-0.15, -0.1) is 0 Å². The van der Waals surface area contributed by atoms with E-state index in [1.807, 2.05) is 0 Å². The van der Waals surface area contributed by atoms with E-state index in [2.05, 4.69) is 29.4 Å². The lowest BCUT2D eigenvalue weighted by atomic mass is 9.97. The topological polar surface area (TPSA) is 17.8 Å². The third kappa shape index (κ3) is 2.70. The zero-order valence-electron chi connectivity index (χ0n) is 10.7. The van der Waals surface area contributed by atoms with Gasteiger partial charge < -0.3 is 4.57 Å². The molecule has 0 saturated carbocycles. The number of aromatic nitrogens is 2. The molecule has 2 aliphatic rings. The fourth-order valence-electron chi connectivity index (χ4n) is 3.02. The molecule has 3 heteroatoms. The van der Waals surface area contributed by atoms with Crippen LogP contribution in [0.4, 0.5) is 0 Å². The fourth-order valence-corrected chi connectivity index (χ4v) is 4.22. The van der Waals surface area contributed by atoms with Crippen molar-refractivity contribution in [1.29, 1.82) is 0 Å². The molecule has 1 unspecified atom stereocenters. The van der Waals surface area contributed by atoms with Crippen LogP contribution in [0.2, 0.25) is 0 Å². The molecule has 0 spiro atoms. The van der Waals surface area contributed by atoms with Crippen molar-refractivity contribution in [3.8, 4) is 0 Å². The van der Waals surface area contributed by atoms with E-state index in [-0.39, 0.29) is 0 Å². The largest absolute Gasteiger partial charge is 0.334 e. The molecular formula is C14H22N2S.